The van der Waals surface area contributed by atoms with E-state index < -0.39 is 16.5 Å². The van der Waals surface area contributed by atoms with Crippen LogP contribution in [0.4, 0.5) is 11.4 Å². The van der Waals surface area contributed by atoms with Gasteiger partial charge in [0, 0.05) is 41.9 Å². The quantitative estimate of drug-likeness (QED) is 0.300. The van der Waals surface area contributed by atoms with Crippen LogP contribution in [0.1, 0.15) is 28.4 Å². The molecule has 8 nitrogen and oxygen atoms in total. The Kier molecular flexibility index (Phi) is 5.39. The maximum absolute atomic E-state index is 12.5. The third-order valence-electron chi connectivity index (χ3n) is 4.36. The summed E-state index contributed by atoms with van der Waals surface area (Å²) in [6.45, 7) is 1.82. The van der Waals surface area contributed by atoms with Crippen molar-refractivity contribution >= 4 is 28.3 Å². The molecule has 0 radical (unpaired) electrons. The summed E-state index contributed by atoms with van der Waals surface area (Å²) in [5, 5.41) is 14.4. The van der Waals surface area contributed by atoms with Crippen molar-refractivity contribution in [3.63, 3.8) is 0 Å². The van der Waals surface area contributed by atoms with E-state index in [0.717, 1.165) is 18.1 Å². The van der Waals surface area contributed by atoms with E-state index in [1.54, 1.807) is 13.1 Å². The minimum absolute atomic E-state index is 0.0391. The van der Waals surface area contributed by atoms with Gasteiger partial charge in [0.25, 0.3) is 5.69 Å². The Morgan fingerprint density at radius 3 is 2.68 bits per heavy atom. The van der Waals surface area contributed by atoms with Crippen LogP contribution in [0.3, 0.4) is 0 Å². The van der Waals surface area contributed by atoms with Gasteiger partial charge in [-0.25, -0.2) is 9.59 Å². The number of ether oxygens (including phenoxy) is 1. The molecular weight excluding hydrogens is 364 g/mol. The first-order valence-electron chi connectivity index (χ1n) is 8.62. The number of carbonyl (C=O) groups excluding carboxylic acids is 1. The summed E-state index contributed by atoms with van der Waals surface area (Å²) in [6, 6.07) is 10.7. The summed E-state index contributed by atoms with van der Waals surface area (Å²) in [6.07, 6.45) is 0.790. The Labute approximate surface area is 159 Å². The van der Waals surface area contributed by atoms with Crippen molar-refractivity contribution in [2.45, 2.75) is 20.0 Å². The van der Waals surface area contributed by atoms with Crippen LogP contribution in [0.5, 0.6) is 0 Å². The number of anilines is 1. The molecule has 1 aromatic heterocycles. The number of carbonyl (C=O) groups is 1. The van der Waals surface area contributed by atoms with Crippen molar-refractivity contribution in [3.05, 3.63) is 79.7 Å². The van der Waals surface area contributed by atoms with Gasteiger partial charge in [0.15, 0.2) is 0 Å². The van der Waals surface area contributed by atoms with Crippen LogP contribution < -0.4 is 10.9 Å². The van der Waals surface area contributed by atoms with Crippen molar-refractivity contribution in [2.75, 3.05) is 12.4 Å². The second-order valence-corrected chi connectivity index (χ2v) is 6.09. The molecule has 2 aromatic carbocycles. The normalized spacial score (nSPS) is 10.6. The van der Waals surface area contributed by atoms with Crippen molar-refractivity contribution in [1.82, 2.24) is 0 Å². The van der Waals surface area contributed by atoms with Gasteiger partial charge in [-0.3, -0.25) is 10.1 Å². The molecule has 1 N–H and O–H groups in total. The molecule has 3 aromatic rings. The molecule has 0 saturated carbocycles. The lowest BCUT2D eigenvalue weighted by Crippen LogP contribution is -2.10. The Balaban J connectivity index is 1.90. The molecule has 8 heteroatoms. The number of nitro benzene ring substituents is 1. The molecule has 3 rings (SSSR count). The van der Waals surface area contributed by atoms with Crippen molar-refractivity contribution in [1.29, 1.82) is 0 Å². The lowest BCUT2D eigenvalue weighted by Gasteiger charge is -2.10. The van der Waals surface area contributed by atoms with Gasteiger partial charge >= 0.3 is 11.6 Å². The highest BCUT2D eigenvalue weighted by Crippen LogP contribution is 2.24. The molecule has 1 heterocycles. The first-order chi connectivity index (χ1) is 13.4. The number of hydrogen-bond donors (Lipinski definition) is 1. The summed E-state index contributed by atoms with van der Waals surface area (Å²) in [7, 11) is 1.60. The number of aryl methyl sites for hydroxylation is 1. The van der Waals surface area contributed by atoms with Crippen LogP contribution in [-0.2, 0) is 17.8 Å². The van der Waals surface area contributed by atoms with E-state index in [9.17, 15) is 19.7 Å². The Bertz CT molecular complexity index is 1120. The zero-order chi connectivity index (χ0) is 20.3. The number of hydrogen-bond acceptors (Lipinski definition) is 7. The SMILES string of the molecule is CCc1ccc2c(COC(=O)c3cc([N+](=O)[O-])ccc3NC)cc(=O)oc2c1. The maximum atomic E-state index is 12.5. The molecule has 0 amide bonds. The predicted molar refractivity (Wildman–Crippen MR) is 104 cm³/mol. The van der Waals surface area contributed by atoms with E-state index in [-0.39, 0.29) is 17.9 Å². The summed E-state index contributed by atoms with van der Waals surface area (Å²) in [5.41, 5.74) is 1.61. The molecule has 0 atom stereocenters. The number of nitrogens with one attached hydrogen (secondary N) is 1. The lowest BCUT2D eigenvalue weighted by molar-refractivity contribution is -0.384. The number of nitro groups is 1. The number of benzene rings is 2. The van der Waals surface area contributed by atoms with Gasteiger partial charge in [-0.15, -0.1) is 0 Å². The van der Waals surface area contributed by atoms with Crippen molar-refractivity contribution in [2.24, 2.45) is 0 Å². The summed E-state index contributed by atoms with van der Waals surface area (Å²) >= 11 is 0. The van der Waals surface area contributed by atoms with Gasteiger partial charge in [-0.05, 0) is 24.1 Å². The van der Waals surface area contributed by atoms with Gasteiger partial charge in [0.05, 0.1) is 10.5 Å². The highest BCUT2D eigenvalue weighted by molar-refractivity contribution is 5.96. The molecule has 0 fully saturated rings. The van der Waals surface area contributed by atoms with Gasteiger partial charge < -0.3 is 14.5 Å². The van der Waals surface area contributed by atoms with Crippen LogP contribution in [0.15, 0.2) is 51.7 Å². The highest BCUT2D eigenvalue weighted by atomic mass is 16.6. The minimum Gasteiger partial charge on any atom is -0.457 e. The fourth-order valence-electron chi connectivity index (χ4n) is 2.87. The Morgan fingerprint density at radius 2 is 2.00 bits per heavy atom. The third kappa shape index (κ3) is 3.85. The zero-order valence-corrected chi connectivity index (χ0v) is 15.4. The number of fused-ring (bicyclic) bond motifs is 1. The fourth-order valence-corrected chi connectivity index (χ4v) is 2.87. The number of nitrogens with zero attached hydrogens (tertiary/aromatic N) is 1. The van der Waals surface area contributed by atoms with E-state index in [4.69, 9.17) is 9.15 Å². The highest BCUT2D eigenvalue weighted by Gasteiger charge is 2.18. The van der Waals surface area contributed by atoms with Gasteiger partial charge in [-0.1, -0.05) is 19.1 Å². The number of esters is 1. The minimum atomic E-state index is -0.736. The molecule has 144 valence electrons. The molecule has 0 saturated heterocycles. The smallest absolute Gasteiger partial charge is 0.340 e. The first-order valence-corrected chi connectivity index (χ1v) is 8.62. The maximum Gasteiger partial charge on any atom is 0.340 e. The molecule has 28 heavy (non-hydrogen) atoms. The third-order valence-corrected chi connectivity index (χ3v) is 4.36. The second kappa shape index (κ2) is 7.91. The van der Waals surface area contributed by atoms with Gasteiger partial charge in [0.2, 0.25) is 0 Å². The number of non-ortho nitro benzene ring substituents is 1. The summed E-state index contributed by atoms with van der Waals surface area (Å²) in [4.78, 5) is 34.7. The molecule has 0 bridgehead atoms. The van der Waals surface area contributed by atoms with Crippen LogP contribution in [-0.4, -0.2) is 17.9 Å². The molecular formula is C20H18N2O6. The van der Waals surface area contributed by atoms with Crippen LogP contribution in [0, 0.1) is 10.1 Å². The van der Waals surface area contributed by atoms with E-state index >= 15 is 0 Å². The molecule has 0 aliphatic heterocycles. The fraction of sp³-hybridized carbons (Fsp3) is 0.200. The Morgan fingerprint density at radius 1 is 1.21 bits per heavy atom. The zero-order valence-electron chi connectivity index (χ0n) is 15.4. The lowest BCUT2D eigenvalue weighted by atomic mass is 10.1. The topological polar surface area (TPSA) is 112 Å². The van der Waals surface area contributed by atoms with Crippen molar-refractivity contribution < 1.29 is 18.9 Å². The van der Waals surface area contributed by atoms with Crippen LogP contribution in [0.2, 0.25) is 0 Å². The van der Waals surface area contributed by atoms with Crippen LogP contribution >= 0.6 is 0 Å². The molecule has 0 aliphatic carbocycles. The predicted octanol–water partition coefficient (Wildman–Crippen LogP) is 3.66. The van der Waals surface area contributed by atoms with Crippen molar-refractivity contribution in [3.8, 4) is 0 Å². The van der Waals surface area contributed by atoms with Gasteiger partial charge in [0.1, 0.15) is 12.2 Å². The summed E-state index contributed by atoms with van der Waals surface area (Å²) in [5.74, 6) is -0.736. The second-order valence-electron chi connectivity index (χ2n) is 6.09. The van der Waals surface area contributed by atoms with E-state index in [1.807, 2.05) is 19.1 Å². The van der Waals surface area contributed by atoms with Gasteiger partial charge in [-0.2, -0.15) is 0 Å². The summed E-state index contributed by atoms with van der Waals surface area (Å²) < 4.78 is 10.6. The van der Waals surface area contributed by atoms with E-state index in [2.05, 4.69) is 5.32 Å². The first kappa shape index (κ1) is 19.1. The monoisotopic (exact) mass is 382 g/mol. The standard InChI is InChI=1S/C20H18N2O6/c1-3-12-4-6-15-13(9-19(23)28-18(15)8-12)11-27-20(24)16-10-14(22(25)26)5-7-17(16)21-2/h4-10,21H,3,11H2,1-2H3. The molecule has 0 aliphatic rings. The average molecular weight is 382 g/mol. The number of rotatable bonds is 6. The van der Waals surface area contributed by atoms with E-state index in [0.29, 0.717) is 22.2 Å². The molecule has 0 unspecified atom stereocenters. The largest absolute Gasteiger partial charge is 0.457 e. The average Bonchev–Trinajstić information content (AvgIpc) is 2.70. The Hall–Kier alpha value is -3.68. The van der Waals surface area contributed by atoms with Crippen LogP contribution in [0.25, 0.3) is 11.0 Å². The molecule has 0 spiro atoms. The van der Waals surface area contributed by atoms with E-state index in [1.165, 1.54) is 18.2 Å².